The lowest BCUT2D eigenvalue weighted by atomic mass is 10.1. The van der Waals surface area contributed by atoms with E-state index in [0.29, 0.717) is 0 Å². The molecular weight excluding hydrogens is 301 g/mol. The molecule has 2 aromatic rings. The topological polar surface area (TPSA) is 126 Å². The number of nitroso groups, excluding NO2 is 1. The van der Waals surface area contributed by atoms with E-state index in [9.17, 15) is 24.9 Å². The van der Waals surface area contributed by atoms with Gasteiger partial charge in [0.2, 0.25) is 5.75 Å². The lowest BCUT2D eigenvalue weighted by molar-refractivity contribution is -0.383. The van der Waals surface area contributed by atoms with Crippen LogP contribution in [0.3, 0.4) is 0 Å². The number of aromatic hydroxyl groups is 1. The SMILES string of the molecule is O=Nc1c(O)c(=O)[nH]c2c([N+](=O)[O-])c(Cl)cc(Cl)c12. The summed E-state index contributed by atoms with van der Waals surface area (Å²) < 4.78 is 0. The second-order valence-corrected chi connectivity index (χ2v) is 4.25. The molecule has 0 atom stereocenters. The Morgan fingerprint density at radius 2 is 2.00 bits per heavy atom. The fraction of sp³-hybridized carbons (Fsp3) is 0. The number of halogens is 2. The van der Waals surface area contributed by atoms with Gasteiger partial charge in [-0.05, 0) is 11.2 Å². The molecule has 19 heavy (non-hydrogen) atoms. The van der Waals surface area contributed by atoms with Crippen molar-refractivity contribution in [1.29, 1.82) is 0 Å². The zero-order valence-corrected chi connectivity index (χ0v) is 10.3. The summed E-state index contributed by atoms with van der Waals surface area (Å²) in [5, 5.41) is 22.1. The average molecular weight is 304 g/mol. The number of nitro benzene ring substituents is 1. The number of rotatable bonds is 2. The van der Waals surface area contributed by atoms with Gasteiger partial charge in [-0.25, -0.2) is 0 Å². The van der Waals surface area contributed by atoms with E-state index >= 15 is 0 Å². The van der Waals surface area contributed by atoms with E-state index in [1.165, 1.54) is 0 Å². The van der Waals surface area contributed by atoms with E-state index in [-0.39, 0.29) is 20.9 Å². The van der Waals surface area contributed by atoms with Crippen LogP contribution in [-0.4, -0.2) is 15.0 Å². The average Bonchev–Trinajstić information content (AvgIpc) is 2.31. The molecule has 0 radical (unpaired) electrons. The Morgan fingerprint density at radius 3 is 2.53 bits per heavy atom. The molecule has 0 aliphatic carbocycles. The van der Waals surface area contributed by atoms with Crippen LogP contribution in [-0.2, 0) is 0 Å². The first kappa shape index (κ1) is 13.2. The Balaban J connectivity index is 3.18. The van der Waals surface area contributed by atoms with Crippen LogP contribution in [0.4, 0.5) is 11.4 Å². The van der Waals surface area contributed by atoms with Gasteiger partial charge < -0.3 is 10.1 Å². The maximum Gasteiger partial charge on any atom is 0.312 e. The molecule has 2 rings (SSSR count). The number of hydrogen-bond acceptors (Lipinski definition) is 6. The number of aromatic nitrogens is 1. The van der Waals surface area contributed by atoms with Crippen molar-refractivity contribution in [3.8, 4) is 5.75 Å². The van der Waals surface area contributed by atoms with E-state index in [2.05, 4.69) is 5.18 Å². The molecule has 0 bridgehead atoms. The standard InChI is InChI=1S/C9H3Cl2N3O5/c10-2-1-3(11)7(14(18)19)5-4(2)6(13-17)8(15)9(16)12-5/h1,15H,(H,12,16). The van der Waals surface area contributed by atoms with E-state index < -0.39 is 27.6 Å². The molecule has 0 amide bonds. The zero-order valence-electron chi connectivity index (χ0n) is 8.81. The molecular formula is C9H3Cl2N3O5. The van der Waals surface area contributed by atoms with Gasteiger partial charge in [-0.2, -0.15) is 0 Å². The number of nitrogens with zero attached hydrogens (tertiary/aromatic N) is 2. The fourth-order valence-corrected chi connectivity index (χ4v) is 2.25. The third-order valence-corrected chi connectivity index (χ3v) is 2.98. The van der Waals surface area contributed by atoms with E-state index in [0.717, 1.165) is 6.07 Å². The molecule has 2 N–H and O–H groups in total. The second-order valence-electron chi connectivity index (χ2n) is 3.44. The van der Waals surface area contributed by atoms with E-state index in [1.54, 1.807) is 0 Å². The monoisotopic (exact) mass is 303 g/mol. The van der Waals surface area contributed by atoms with Crippen molar-refractivity contribution in [1.82, 2.24) is 4.98 Å². The molecule has 1 aromatic carbocycles. The highest BCUT2D eigenvalue weighted by Gasteiger charge is 2.25. The van der Waals surface area contributed by atoms with Crippen molar-refractivity contribution in [3.63, 3.8) is 0 Å². The van der Waals surface area contributed by atoms with Crippen molar-refractivity contribution < 1.29 is 10.0 Å². The zero-order chi connectivity index (χ0) is 14.3. The Hall–Kier alpha value is -2.19. The molecule has 0 aliphatic rings. The molecule has 98 valence electrons. The lowest BCUT2D eigenvalue weighted by Gasteiger charge is -2.06. The summed E-state index contributed by atoms with van der Waals surface area (Å²) in [7, 11) is 0. The molecule has 0 saturated carbocycles. The Kier molecular flexibility index (Phi) is 3.13. The minimum Gasteiger partial charge on any atom is -0.501 e. The van der Waals surface area contributed by atoms with Gasteiger partial charge in [0.05, 0.1) is 15.3 Å². The van der Waals surface area contributed by atoms with Gasteiger partial charge in [-0.3, -0.25) is 14.9 Å². The molecule has 0 saturated heterocycles. The van der Waals surface area contributed by atoms with Crippen LogP contribution < -0.4 is 5.56 Å². The van der Waals surface area contributed by atoms with E-state index in [4.69, 9.17) is 23.2 Å². The maximum atomic E-state index is 11.4. The maximum absolute atomic E-state index is 11.4. The first-order valence-corrected chi connectivity index (χ1v) is 5.38. The minimum absolute atomic E-state index is 0.160. The largest absolute Gasteiger partial charge is 0.501 e. The number of nitrogens with one attached hydrogen (secondary N) is 1. The summed E-state index contributed by atoms with van der Waals surface area (Å²) in [6, 6.07) is 1.02. The van der Waals surface area contributed by atoms with E-state index in [1.807, 2.05) is 4.98 Å². The minimum atomic E-state index is -1.11. The highest BCUT2D eigenvalue weighted by molar-refractivity contribution is 6.41. The van der Waals surface area contributed by atoms with Gasteiger partial charge in [-0.1, -0.05) is 23.2 Å². The van der Waals surface area contributed by atoms with Crippen LogP contribution >= 0.6 is 23.2 Å². The number of pyridine rings is 1. The first-order valence-electron chi connectivity index (χ1n) is 4.63. The fourth-order valence-electron chi connectivity index (χ4n) is 1.63. The van der Waals surface area contributed by atoms with Gasteiger partial charge >= 0.3 is 5.69 Å². The number of hydrogen-bond donors (Lipinski definition) is 2. The molecule has 10 heteroatoms. The summed E-state index contributed by atoms with van der Waals surface area (Å²) in [6.45, 7) is 0. The molecule has 1 aromatic heterocycles. The number of aromatic amines is 1. The molecule has 8 nitrogen and oxygen atoms in total. The molecule has 1 heterocycles. The number of fused-ring (bicyclic) bond motifs is 1. The van der Waals surface area contributed by atoms with Crippen LogP contribution in [0, 0.1) is 15.0 Å². The summed E-state index contributed by atoms with van der Waals surface area (Å²) in [4.78, 5) is 34.2. The second kappa shape index (κ2) is 4.48. The number of nitro groups is 1. The Bertz CT molecular complexity index is 786. The lowest BCUT2D eigenvalue weighted by Crippen LogP contribution is -2.07. The first-order chi connectivity index (χ1) is 8.88. The van der Waals surface area contributed by atoms with Crippen LogP contribution in [0.1, 0.15) is 0 Å². The third kappa shape index (κ3) is 1.90. The normalized spacial score (nSPS) is 10.6. The predicted octanol–water partition coefficient (Wildman–Crippen LogP) is 2.85. The van der Waals surface area contributed by atoms with Crippen molar-refractivity contribution >= 4 is 45.5 Å². The van der Waals surface area contributed by atoms with Crippen molar-refractivity contribution in [2.45, 2.75) is 0 Å². The van der Waals surface area contributed by atoms with Crippen molar-refractivity contribution in [2.75, 3.05) is 0 Å². The third-order valence-electron chi connectivity index (χ3n) is 2.39. The van der Waals surface area contributed by atoms with Crippen molar-refractivity contribution in [2.24, 2.45) is 5.18 Å². The number of H-pyrrole nitrogens is 1. The number of benzene rings is 1. The summed E-state index contributed by atoms with van der Waals surface area (Å²) >= 11 is 11.5. The van der Waals surface area contributed by atoms with Crippen LogP contribution in [0.5, 0.6) is 5.75 Å². The highest BCUT2D eigenvalue weighted by Crippen LogP contribution is 2.42. The summed E-state index contributed by atoms with van der Waals surface area (Å²) in [5.41, 5.74) is -2.80. The van der Waals surface area contributed by atoms with Crippen LogP contribution in [0.15, 0.2) is 16.0 Å². The smallest absolute Gasteiger partial charge is 0.312 e. The molecule has 0 fully saturated rings. The Labute approximate surface area is 113 Å². The van der Waals surface area contributed by atoms with Crippen LogP contribution in [0.2, 0.25) is 10.0 Å². The van der Waals surface area contributed by atoms with Gasteiger partial charge in [0.1, 0.15) is 10.5 Å². The van der Waals surface area contributed by atoms with Crippen molar-refractivity contribution in [3.05, 3.63) is 41.5 Å². The van der Waals surface area contributed by atoms with Gasteiger partial charge in [0, 0.05) is 0 Å². The molecule has 0 aliphatic heterocycles. The van der Waals surface area contributed by atoms with Gasteiger partial charge in [0.15, 0.2) is 5.69 Å². The molecule has 0 unspecified atom stereocenters. The van der Waals surface area contributed by atoms with Gasteiger partial charge in [-0.15, -0.1) is 4.91 Å². The van der Waals surface area contributed by atoms with Crippen LogP contribution in [0.25, 0.3) is 10.9 Å². The Morgan fingerprint density at radius 1 is 1.37 bits per heavy atom. The summed E-state index contributed by atoms with van der Waals surface area (Å²) in [5.74, 6) is -0.971. The van der Waals surface area contributed by atoms with Gasteiger partial charge in [0.25, 0.3) is 5.56 Å². The summed E-state index contributed by atoms with van der Waals surface area (Å²) in [6.07, 6.45) is 0. The molecule has 0 spiro atoms. The highest BCUT2D eigenvalue weighted by atomic mass is 35.5. The predicted molar refractivity (Wildman–Crippen MR) is 68.4 cm³/mol. The quantitative estimate of drug-likeness (QED) is 0.501.